The van der Waals surface area contributed by atoms with Gasteiger partial charge in [-0.1, -0.05) is 13.8 Å². The van der Waals surface area contributed by atoms with Crippen molar-refractivity contribution in [2.24, 2.45) is 5.92 Å². The second kappa shape index (κ2) is 7.42. The molecule has 0 amide bonds. The molecule has 0 spiro atoms. The molecule has 0 saturated carbocycles. The molecule has 1 unspecified atom stereocenters. The average Bonchev–Trinajstić information content (AvgIpc) is 3.31. The summed E-state index contributed by atoms with van der Waals surface area (Å²) in [5.74, 6) is 2.10. The van der Waals surface area contributed by atoms with Gasteiger partial charge in [-0.25, -0.2) is 4.39 Å². The molecule has 4 rings (SSSR count). The Kier molecular flexibility index (Phi) is 4.83. The van der Waals surface area contributed by atoms with Gasteiger partial charge in [-0.05, 0) is 55.2 Å². The van der Waals surface area contributed by atoms with Gasteiger partial charge >= 0.3 is 0 Å². The van der Waals surface area contributed by atoms with Crippen LogP contribution in [0.5, 0.6) is 0 Å². The molecular formula is C20H23FN6. The lowest BCUT2D eigenvalue weighted by Gasteiger charge is -2.25. The number of halogens is 1. The van der Waals surface area contributed by atoms with Crippen molar-refractivity contribution in [3.63, 3.8) is 0 Å². The van der Waals surface area contributed by atoms with Crippen LogP contribution in [-0.2, 0) is 6.54 Å². The van der Waals surface area contributed by atoms with Crippen molar-refractivity contribution in [1.82, 2.24) is 25.0 Å². The molecule has 0 aliphatic carbocycles. The van der Waals surface area contributed by atoms with Crippen LogP contribution in [-0.4, -0.2) is 31.5 Å². The average molecular weight is 366 g/mol. The van der Waals surface area contributed by atoms with Crippen LogP contribution in [0.15, 0.2) is 42.7 Å². The molecule has 1 aliphatic rings. The molecule has 3 heterocycles. The van der Waals surface area contributed by atoms with Crippen molar-refractivity contribution in [1.29, 1.82) is 0 Å². The van der Waals surface area contributed by atoms with Crippen LogP contribution in [0.4, 0.5) is 10.2 Å². The van der Waals surface area contributed by atoms with E-state index in [-0.39, 0.29) is 11.9 Å². The van der Waals surface area contributed by atoms with E-state index < -0.39 is 0 Å². The summed E-state index contributed by atoms with van der Waals surface area (Å²) in [7, 11) is 0. The van der Waals surface area contributed by atoms with Gasteiger partial charge in [0.1, 0.15) is 12.1 Å². The predicted molar refractivity (Wildman–Crippen MR) is 102 cm³/mol. The maximum atomic E-state index is 13.1. The van der Waals surface area contributed by atoms with Crippen molar-refractivity contribution < 1.29 is 4.39 Å². The number of hydrogen-bond acceptors (Lipinski definition) is 5. The summed E-state index contributed by atoms with van der Waals surface area (Å²) in [6.07, 6.45) is 3.92. The van der Waals surface area contributed by atoms with E-state index in [9.17, 15) is 4.39 Å². The maximum absolute atomic E-state index is 13.1. The fourth-order valence-corrected chi connectivity index (χ4v) is 3.62. The van der Waals surface area contributed by atoms with Gasteiger partial charge < -0.3 is 9.47 Å². The van der Waals surface area contributed by atoms with E-state index in [4.69, 9.17) is 0 Å². The van der Waals surface area contributed by atoms with Gasteiger partial charge in [0, 0.05) is 18.7 Å². The van der Waals surface area contributed by atoms with Crippen molar-refractivity contribution in [2.75, 3.05) is 11.4 Å². The summed E-state index contributed by atoms with van der Waals surface area (Å²) in [5, 5.41) is 17.3. The zero-order valence-electron chi connectivity index (χ0n) is 15.6. The molecule has 27 heavy (non-hydrogen) atoms. The summed E-state index contributed by atoms with van der Waals surface area (Å²) in [5.41, 5.74) is 1.59. The van der Waals surface area contributed by atoms with E-state index in [1.807, 2.05) is 18.5 Å². The molecule has 3 aromatic rings. The SMILES string of the molecule is CC(C)Cn1cnnc1C1CCCN1c1ccc(-c2ccc(F)cc2)nn1. The van der Waals surface area contributed by atoms with E-state index in [1.54, 1.807) is 12.1 Å². The third-order valence-corrected chi connectivity index (χ3v) is 4.84. The van der Waals surface area contributed by atoms with Crippen LogP contribution in [0.1, 0.15) is 38.6 Å². The number of anilines is 1. The fourth-order valence-electron chi connectivity index (χ4n) is 3.62. The van der Waals surface area contributed by atoms with Gasteiger partial charge in [0.15, 0.2) is 11.6 Å². The second-order valence-electron chi connectivity index (χ2n) is 7.37. The molecule has 1 atom stereocenters. The highest BCUT2D eigenvalue weighted by Crippen LogP contribution is 2.34. The quantitative estimate of drug-likeness (QED) is 0.686. The highest BCUT2D eigenvalue weighted by molar-refractivity contribution is 5.59. The molecule has 1 fully saturated rings. The smallest absolute Gasteiger partial charge is 0.155 e. The monoisotopic (exact) mass is 366 g/mol. The van der Waals surface area contributed by atoms with E-state index in [0.717, 1.165) is 48.8 Å². The van der Waals surface area contributed by atoms with Crippen molar-refractivity contribution >= 4 is 5.82 Å². The van der Waals surface area contributed by atoms with Gasteiger partial charge in [0.25, 0.3) is 0 Å². The molecule has 1 saturated heterocycles. The Labute approximate surface area is 158 Å². The van der Waals surface area contributed by atoms with Gasteiger partial charge in [-0.15, -0.1) is 20.4 Å². The van der Waals surface area contributed by atoms with Crippen LogP contribution in [0.25, 0.3) is 11.3 Å². The summed E-state index contributed by atoms with van der Waals surface area (Å²) < 4.78 is 15.3. The zero-order valence-corrected chi connectivity index (χ0v) is 15.6. The highest BCUT2D eigenvalue weighted by atomic mass is 19.1. The zero-order chi connectivity index (χ0) is 18.8. The number of aromatic nitrogens is 5. The van der Waals surface area contributed by atoms with Gasteiger partial charge in [-0.2, -0.15) is 0 Å². The predicted octanol–water partition coefficient (Wildman–Crippen LogP) is 3.87. The Bertz CT molecular complexity index is 888. The Hall–Kier alpha value is -2.83. The Balaban J connectivity index is 1.57. The van der Waals surface area contributed by atoms with E-state index in [2.05, 4.69) is 43.7 Å². The minimum Gasteiger partial charge on any atom is -0.345 e. The summed E-state index contributed by atoms with van der Waals surface area (Å²) in [4.78, 5) is 2.25. The molecule has 1 aliphatic heterocycles. The molecule has 0 radical (unpaired) electrons. The summed E-state index contributed by atoms with van der Waals surface area (Å²) in [6, 6.07) is 10.4. The molecule has 6 nitrogen and oxygen atoms in total. The normalized spacial score (nSPS) is 17.0. The van der Waals surface area contributed by atoms with Crippen LogP contribution in [0, 0.1) is 11.7 Å². The topological polar surface area (TPSA) is 59.7 Å². The molecule has 2 aromatic heterocycles. The number of benzene rings is 1. The van der Waals surface area contributed by atoms with E-state index in [0.29, 0.717) is 5.92 Å². The Morgan fingerprint density at radius 1 is 1.07 bits per heavy atom. The molecule has 7 heteroatoms. The van der Waals surface area contributed by atoms with E-state index in [1.165, 1.54) is 12.1 Å². The number of hydrogen-bond donors (Lipinski definition) is 0. The van der Waals surface area contributed by atoms with Gasteiger partial charge in [0.2, 0.25) is 0 Å². The second-order valence-corrected chi connectivity index (χ2v) is 7.37. The van der Waals surface area contributed by atoms with Crippen LogP contribution >= 0.6 is 0 Å². The van der Waals surface area contributed by atoms with Crippen molar-refractivity contribution in [2.45, 2.75) is 39.3 Å². The largest absolute Gasteiger partial charge is 0.345 e. The number of nitrogens with zero attached hydrogens (tertiary/aromatic N) is 6. The van der Waals surface area contributed by atoms with Crippen LogP contribution in [0.3, 0.4) is 0 Å². The number of rotatable bonds is 5. The Morgan fingerprint density at radius 3 is 2.59 bits per heavy atom. The minimum atomic E-state index is -0.256. The highest BCUT2D eigenvalue weighted by Gasteiger charge is 2.31. The lowest BCUT2D eigenvalue weighted by atomic mass is 10.1. The van der Waals surface area contributed by atoms with Crippen LogP contribution < -0.4 is 4.90 Å². The molecule has 140 valence electrons. The summed E-state index contributed by atoms with van der Waals surface area (Å²) >= 11 is 0. The van der Waals surface area contributed by atoms with Crippen LogP contribution in [0.2, 0.25) is 0 Å². The first-order valence-electron chi connectivity index (χ1n) is 9.36. The fraction of sp³-hybridized carbons (Fsp3) is 0.400. The Morgan fingerprint density at radius 2 is 1.89 bits per heavy atom. The third-order valence-electron chi connectivity index (χ3n) is 4.84. The third kappa shape index (κ3) is 3.67. The summed E-state index contributed by atoms with van der Waals surface area (Å²) in [6.45, 7) is 6.21. The van der Waals surface area contributed by atoms with E-state index >= 15 is 0 Å². The first kappa shape index (κ1) is 17.6. The molecule has 1 aromatic carbocycles. The molecular weight excluding hydrogens is 343 g/mol. The lowest BCUT2D eigenvalue weighted by Crippen LogP contribution is -2.26. The standard InChI is InChI=1S/C20H23FN6/c1-14(2)12-26-13-22-25-20(26)18-4-3-11-27(18)19-10-9-17(23-24-19)15-5-7-16(21)8-6-15/h5-10,13-14,18H,3-4,11-12H2,1-2H3. The first-order chi connectivity index (χ1) is 13.1. The van der Waals surface area contributed by atoms with Crippen molar-refractivity contribution in [3.8, 4) is 11.3 Å². The minimum absolute atomic E-state index is 0.164. The lowest BCUT2D eigenvalue weighted by molar-refractivity contribution is 0.487. The van der Waals surface area contributed by atoms with Crippen molar-refractivity contribution in [3.05, 3.63) is 54.4 Å². The molecule has 0 bridgehead atoms. The maximum Gasteiger partial charge on any atom is 0.155 e. The van der Waals surface area contributed by atoms with Gasteiger partial charge in [-0.3, -0.25) is 0 Å². The molecule has 0 N–H and O–H groups in total. The van der Waals surface area contributed by atoms with Gasteiger partial charge in [0.05, 0.1) is 11.7 Å². The first-order valence-corrected chi connectivity index (χ1v) is 9.36.